The zero-order valence-corrected chi connectivity index (χ0v) is 7.49. The molecule has 0 aliphatic carbocycles. The van der Waals surface area contributed by atoms with Gasteiger partial charge in [-0.15, -0.1) is 0 Å². The van der Waals surface area contributed by atoms with Crippen LogP contribution >= 0.6 is 11.3 Å². The smallest absolute Gasteiger partial charge is 0.255 e. The van der Waals surface area contributed by atoms with Crippen molar-refractivity contribution >= 4 is 16.5 Å². The van der Waals surface area contributed by atoms with Crippen molar-refractivity contribution in [3.8, 4) is 5.00 Å². The lowest BCUT2D eigenvalue weighted by Gasteiger charge is -1.97. The average Bonchev–Trinajstić information content (AvgIpc) is 2.53. The number of anilines is 1. The third kappa shape index (κ3) is 1.46. The molecule has 0 spiro atoms. The van der Waals surface area contributed by atoms with E-state index in [0.29, 0.717) is 5.13 Å². The summed E-state index contributed by atoms with van der Waals surface area (Å²) < 4.78 is 1.51. The Kier molecular flexibility index (Phi) is 1.86. The van der Waals surface area contributed by atoms with E-state index in [1.807, 2.05) is 0 Å². The first kappa shape index (κ1) is 8.00. The van der Waals surface area contributed by atoms with Crippen molar-refractivity contribution in [3.05, 3.63) is 40.9 Å². The third-order valence-corrected chi connectivity index (χ3v) is 2.40. The van der Waals surface area contributed by atoms with Crippen LogP contribution in [-0.2, 0) is 0 Å². The van der Waals surface area contributed by atoms with E-state index in [1.165, 1.54) is 22.0 Å². The summed E-state index contributed by atoms with van der Waals surface area (Å²) in [6.07, 6.45) is 3.27. The number of rotatable bonds is 1. The molecule has 0 fully saturated rings. The van der Waals surface area contributed by atoms with Crippen LogP contribution in [0.1, 0.15) is 0 Å². The Balaban J connectivity index is 2.59. The highest BCUT2D eigenvalue weighted by atomic mass is 32.1. The molecular weight excluding hydrogens is 186 g/mol. The van der Waals surface area contributed by atoms with E-state index in [1.54, 1.807) is 24.5 Å². The molecule has 0 radical (unpaired) electrons. The summed E-state index contributed by atoms with van der Waals surface area (Å²) in [6, 6.07) is 4.98. The summed E-state index contributed by atoms with van der Waals surface area (Å²) >= 11 is 1.28. The normalized spacial score (nSPS) is 10.2. The quantitative estimate of drug-likeness (QED) is 0.731. The van der Waals surface area contributed by atoms with Gasteiger partial charge in [-0.25, -0.2) is 4.98 Å². The first-order valence-electron chi connectivity index (χ1n) is 3.67. The number of nitrogens with zero attached hydrogens (tertiary/aromatic N) is 2. The summed E-state index contributed by atoms with van der Waals surface area (Å²) in [5.74, 6) is 0. The van der Waals surface area contributed by atoms with Crippen molar-refractivity contribution in [3.63, 3.8) is 0 Å². The van der Waals surface area contributed by atoms with Crippen molar-refractivity contribution in [1.29, 1.82) is 0 Å². The van der Waals surface area contributed by atoms with Gasteiger partial charge in [-0.3, -0.25) is 9.36 Å². The fourth-order valence-electron chi connectivity index (χ4n) is 1.000. The van der Waals surface area contributed by atoms with Gasteiger partial charge in [-0.05, 0) is 6.07 Å². The number of nitrogen functional groups attached to an aromatic ring is 1. The molecule has 0 bridgehead atoms. The van der Waals surface area contributed by atoms with Gasteiger partial charge in [-0.2, -0.15) is 0 Å². The highest BCUT2D eigenvalue weighted by molar-refractivity contribution is 7.17. The highest BCUT2D eigenvalue weighted by Crippen LogP contribution is 2.16. The maximum absolute atomic E-state index is 11.3. The number of nitrogens with two attached hydrogens (primary N) is 1. The van der Waals surface area contributed by atoms with Gasteiger partial charge >= 0.3 is 0 Å². The third-order valence-electron chi connectivity index (χ3n) is 1.57. The lowest BCUT2D eigenvalue weighted by atomic mass is 10.5. The van der Waals surface area contributed by atoms with Gasteiger partial charge in [0.15, 0.2) is 5.13 Å². The molecule has 0 aliphatic heterocycles. The molecule has 0 aliphatic rings. The van der Waals surface area contributed by atoms with E-state index in [4.69, 9.17) is 5.73 Å². The highest BCUT2D eigenvalue weighted by Gasteiger charge is 2.01. The largest absolute Gasteiger partial charge is 0.375 e. The number of thiazole rings is 1. The molecule has 13 heavy (non-hydrogen) atoms. The van der Waals surface area contributed by atoms with Crippen molar-refractivity contribution < 1.29 is 0 Å². The first-order chi connectivity index (χ1) is 6.27. The molecule has 0 atom stereocenters. The second-order valence-corrected chi connectivity index (χ2v) is 3.49. The predicted octanol–water partition coefficient (Wildman–Crippen LogP) is 0.876. The number of pyridine rings is 1. The van der Waals surface area contributed by atoms with E-state index < -0.39 is 0 Å². The minimum atomic E-state index is -0.0776. The number of aromatic nitrogens is 2. The number of hydrogen-bond acceptors (Lipinski definition) is 4. The van der Waals surface area contributed by atoms with Crippen LogP contribution in [0, 0.1) is 0 Å². The maximum atomic E-state index is 11.3. The van der Waals surface area contributed by atoms with Crippen LogP contribution < -0.4 is 11.3 Å². The van der Waals surface area contributed by atoms with Crippen molar-refractivity contribution in [2.24, 2.45) is 0 Å². The van der Waals surface area contributed by atoms with Gasteiger partial charge in [0.25, 0.3) is 5.56 Å². The molecule has 0 saturated carbocycles. The fraction of sp³-hybridized carbons (Fsp3) is 0. The molecule has 2 aromatic heterocycles. The van der Waals surface area contributed by atoms with Gasteiger partial charge in [0.1, 0.15) is 5.00 Å². The minimum Gasteiger partial charge on any atom is -0.375 e. The van der Waals surface area contributed by atoms with Crippen molar-refractivity contribution in [2.75, 3.05) is 5.73 Å². The van der Waals surface area contributed by atoms with E-state index in [2.05, 4.69) is 4.98 Å². The van der Waals surface area contributed by atoms with E-state index in [0.717, 1.165) is 5.00 Å². The van der Waals surface area contributed by atoms with Crippen LogP contribution in [0.4, 0.5) is 5.13 Å². The van der Waals surface area contributed by atoms with E-state index in [9.17, 15) is 4.79 Å². The number of hydrogen-bond donors (Lipinski definition) is 1. The Morgan fingerprint density at radius 3 is 2.92 bits per heavy atom. The van der Waals surface area contributed by atoms with Gasteiger partial charge in [0.2, 0.25) is 0 Å². The molecule has 0 aromatic carbocycles. The van der Waals surface area contributed by atoms with Gasteiger partial charge < -0.3 is 5.73 Å². The minimum absolute atomic E-state index is 0.0776. The molecule has 0 saturated heterocycles. The molecular formula is C8H7N3OS. The lowest BCUT2D eigenvalue weighted by molar-refractivity contribution is 1.01. The summed E-state index contributed by atoms with van der Waals surface area (Å²) in [5, 5.41) is 1.20. The molecule has 0 unspecified atom stereocenters. The zero-order chi connectivity index (χ0) is 9.26. The fourth-order valence-corrected chi connectivity index (χ4v) is 1.67. The van der Waals surface area contributed by atoms with Crippen molar-refractivity contribution in [1.82, 2.24) is 9.55 Å². The topological polar surface area (TPSA) is 60.9 Å². The monoisotopic (exact) mass is 193 g/mol. The summed E-state index contributed by atoms with van der Waals surface area (Å²) in [5.41, 5.74) is 5.38. The lowest BCUT2D eigenvalue weighted by Crippen LogP contribution is -2.14. The second-order valence-electron chi connectivity index (χ2n) is 2.45. The molecule has 4 nitrogen and oxygen atoms in total. The van der Waals surface area contributed by atoms with Crippen LogP contribution in [0.5, 0.6) is 0 Å². The van der Waals surface area contributed by atoms with Crippen LogP contribution in [0.2, 0.25) is 0 Å². The van der Waals surface area contributed by atoms with Gasteiger partial charge in [0.05, 0.1) is 6.20 Å². The SMILES string of the molecule is Nc1ncc(-n2ccccc2=O)s1. The van der Waals surface area contributed by atoms with Gasteiger partial charge in [0, 0.05) is 12.3 Å². The Bertz CT molecular complexity index is 474. The Hall–Kier alpha value is -1.62. The maximum Gasteiger partial charge on any atom is 0.255 e. The molecule has 2 heterocycles. The van der Waals surface area contributed by atoms with Crippen LogP contribution in [0.25, 0.3) is 5.00 Å². The summed E-state index contributed by atoms with van der Waals surface area (Å²) in [7, 11) is 0. The first-order valence-corrected chi connectivity index (χ1v) is 4.48. The molecule has 2 N–H and O–H groups in total. The molecule has 2 rings (SSSR count). The Morgan fingerprint density at radius 1 is 1.46 bits per heavy atom. The van der Waals surface area contributed by atoms with Gasteiger partial charge in [-0.1, -0.05) is 17.4 Å². The van der Waals surface area contributed by atoms with E-state index in [-0.39, 0.29) is 5.56 Å². The zero-order valence-electron chi connectivity index (χ0n) is 6.68. The summed E-state index contributed by atoms with van der Waals surface area (Å²) in [6.45, 7) is 0. The average molecular weight is 193 g/mol. The van der Waals surface area contributed by atoms with E-state index >= 15 is 0 Å². The predicted molar refractivity (Wildman–Crippen MR) is 52.1 cm³/mol. The second kappa shape index (κ2) is 3.02. The molecule has 0 amide bonds. The molecule has 2 aromatic rings. The van der Waals surface area contributed by atoms with Crippen LogP contribution in [-0.4, -0.2) is 9.55 Å². The summed E-state index contributed by atoms with van der Waals surface area (Å²) in [4.78, 5) is 15.2. The van der Waals surface area contributed by atoms with Crippen molar-refractivity contribution in [2.45, 2.75) is 0 Å². The molecule has 5 heteroatoms. The standard InChI is InChI=1S/C8H7N3OS/c9-8-10-5-7(13-8)11-4-2-1-3-6(11)12/h1-5H,(H2,9,10). The van der Waals surface area contributed by atoms with Crippen LogP contribution in [0.15, 0.2) is 35.4 Å². The molecule has 66 valence electrons. The Labute approximate surface area is 78.3 Å². The Morgan fingerprint density at radius 2 is 2.31 bits per heavy atom. The van der Waals surface area contributed by atoms with Crippen LogP contribution in [0.3, 0.4) is 0 Å².